The third-order valence-electron chi connectivity index (χ3n) is 7.75. The quantitative estimate of drug-likeness (QED) is 0.0678. The maximum Gasteiger partial charge on any atom is 0.475 e. The molecular formula is C29H31F6N6O13P. The molecular weight excluding hydrogens is 785 g/mol. The van der Waals surface area contributed by atoms with E-state index >= 15 is 0 Å². The summed E-state index contributed by atoms with van der Waals surface area (Å²) in [6.45, 7) is 1.34. The molecule has 55 heavy (non-hydrogen) atoms. The van der Waals surface area contributed by atoms with Crippen molar-refractivity contribution in [1.29, 1.82) is 10.5 Å². The van der Waals surface area contributed by atoms with Crippen molar-refractivity contribution >= 4 is 7.82 Å². The summed E-state index contributed by atoms with van der Waals surface area (Å²) in [5.74, 6) is 0. The van der Waals surface area contributed by atoms with Gasteiger partial charge in [-0.1, -0.05) is 6.08 Å². The van der Waals surface area contributed by atoms with E-state index in [1.807, 2.05) is 0 Å². The van der Waals surface area contributed by atoms with E-state index in [0.29, 0.717) is 9.13 Å². The molecule has 2 aromatic rings. The number of nitriles is 2. The lowest BCUT2D eigenvalue weighted by molar-refractivity contribution is -0.232. The molecule has 0 bridgehead atoms. The second-order valence-electron chi connectivity index (χ2n) is 11.5. The summed E-state index contributed by atoms with van der Waals surface area (Å²) in [6.07, 6.45) is -21.9. The number of aliphatic hydroxyl groups excluding tert-OH is 1. The second-order valence-corrected chi connectivity index (χ2v) is 13.2. The smallest absolute Gasteiger partial charge is 0.390 e. The standard InChI is InChI=1S/C29H31F6N6O13P/c1-2-7-50-55(47,51-9-4-6-37)54-18-11-21(41-13-16(29(33,34)35)24(44)39-27(41)46)52-19(18)14-49-25(48-8-3-5-36)22-17(42)10-20(53-22)40-12-15(28(30,31)32)23(43)38-26(40)45/h2,12-13,17-22,25,42H,1,3-4,7-11,14H2,(H,38,43,45)(H,39,44,46)/t17-,18-,19+,20+,21+,22-,25?,55?/m0/s1. The SMILES string of the molecule is C=CCOP(=O)(OCCC#N)O[C@H]1C[C@H](n2cc(C(F)(F)F)c(=O)[nH]c2=O)O[C@@H]1COC(OCCC#N)[C@H]1O[C@@H](n2cc(C(F)(F)F)c(=O)[nH]c2=O)C[C@@H]1O. The first-order valence-corrected chi connectivity index (χ1v) is 17.3. The molecule has 2 aliphatic heterocycles. The Bertz CT molecular complexity index is 2060. The lowest BCUT2D eigenvalue weighted by Crippen LogP contribution is -2.42. The molecule has 4 heterocycles. The Labute approximate surface area is 303 Å². The molecule has 2 saturated heterocycles. The maximum atomic E-state index is 13.6. The molecule has 302 valence electrons. The van der Waals surface area contributed by atoms with Crippen LogP contribution in [0.1, 0.15) is 49.3 Å². The van der Waals surface area contributed by atoms with Crippen molar-refractivity contribution in [2.24, 2.45) is 0 Å². The Balaban J connectivity index is 1.65. The van der Waals surface area contributed by atoms with Gasteiger partial charge >= 0.3 is 31.6 Å². The summed E-state index contributed by atoms with van der Waals surface area (Å²) < 4.78 is 134. The van der Waals surface area contributed by atoms with E-state index in [-0.39, 0.29) is 25.2 Å². The first-order chi connectivity index (χ1) is 25.8. The summed E-state index contributed by atoms with van der Waals surface area (Å²) in [7, 11) is -4.65. The van der Waals surface area contributed by atoms with Crippen LogP contribution in [0.15, 0.2) is 44.2 Å². The minimum Gasteiger partial charge on any atom is -0.390 e. The number of hydrogen-bond acceptors (Lipinski definition) is 15. The first-order valence-electron chi connectivity index (χ1n) is 15.8. The van der Waals surface area contributed by atoms with Crippen LogP contribution < -0.4 is 22.5 Å². The van der Waals surface area contributed by atoms with Gasteiger partial charge in [-0.25, -0.2) is 14.2 Å². The number of H-pyrrole nitrogens is 2. The Hall–Kier alpha value is -4.43. The van der Waals surface area contributed by atoms with E-state index in [9.17, 15) is 55.2 Å². The molecule has 0 aromatic carbocycles. The number of alkyl halides is 6. The van der Waals surface area contributed by atoms with Crippen LogP contribution in [0.25, 0.3) is 0 Å². The zero-order valence-electron chi connectivity index (χ0n) is 28.0. The molecule has 19 nitrogen and oxygen atoms in total. The van der Waals surface area contributed by atoms with Gasteiger partial charge in [0.2, 0.25) is 0 Å². The number of rotatable bonds is 17. The van der Waals surface area contributed by atoms with Crippen LogP contribution in [0.2, 0.25) is 0 Å². The van der Waals surface area contributed by atoms with Crippen LogP contribution in [-0.2, 0) is 49.4 Å². The number of aromatic amines is 2. The maximum absolute atomic E-state index is 13.6. The normalized spacial score (nSPS) is 24.5. The number of aliphatic hydroxyl groups is 1. The molecule has 4 rings (SSSR count). The van der Waals surface area contributed by atoms with Gasteiger partial charge in [0.1, 0.15) is 41.9 Å². The molecule has 2 unspecified atom stereocenters. The Kier molecular flexibility index (Phi) is 14.2. The van der Waals surface area contributed by atoms with E-state index in [1.54, 1.807) is 12.1 Å². The average molecular weight is 817 g/mol. The van der Waals surface area contributed by atoms with Gasteiger partial charge < -0.3 is 24.1 Å². The van der Waals surface area contributed by atoms with Gasteiger partial charge in [0.15, 0.2) is 6.29 Å². The first kappa shape index (κ1) is 43.3. The van der Waals surface area contributed by atoms with Gasteiger partial charge in [-0.2, -0.15) is 36.9 Å². The highest BCUT2D eigenvalue weighted by molar-refractivity contribution is 7.48. The number of ether oxygens (including phenoxy) is 4. The number of aromatic nitrogens is 4. The number of hydrogen-bond donors (Lipinski definition) is 3. The largest absolute Gasteiger partial charge is 0.475 e. The molecule has 0 saturated carbocycles. The molecule has 0 amide bonds. The number of nitrogens with one attached hydrogen (secondary N) is 2. The van der Waals surface area contributed by atoms with Gasteiger partial charge in [-0.05, 0) is 0 Å². The predicted octanol–water partition coefficient (Wildman–Crippen LogP) is 1.96. The fourth-order valence-electron chi connectivity index (χ4n) is 5.29. The topological polar surface area (TPSA) is 259 Å². The summed E-state index contributed by atoms with van der Waals surface area (Å²) in [4.78, 5) is 51.8. The monoisotopic (exact) mass is 816 g/mol. The molecule has 3 N–H and O–H groups in total. The van der Waals surface area contributed by atoms with E-state index in [1.165, 1.54) is 9.97 Å². The highest BCUT2D eigenvalue weighted by Gasteiger charge is 2.47. The fourth-order valence-corrected chi connectivity index (χ4v) is 6.64. The number of phosphoric acid groups is 1. The summed E-state index contributed by atoms with van der Waals surface area (Å²) in [5, 5.41) is 28.8. The lowest BCUT2D eigenvalue weighted by atomic mass is 10.1. The van der Waals surface area contributed by atoms with Gasteiger partial charge in [0, 0.05) is 25.2 Å². The molecule has 26 heteroatoms. The Morgan fingerprint density at radius 2 is 1.45 bits per heavy atom. The van der Waals surface area contributed by atoms with Crippen molar-refractivity contribution in [2.45, 2.75) is 81.2 Å². The fraction of sp³-hybridized carbons (Fsp3) is 0.586. The van der Waals surface area contributed by atoms with Crippen LogP contribution in [-0.4, -0.2) is 81.3 Å². The molecule has 2 aliphatic rings. The van der Waals surface area contributed by atoms with Crippen molar-refractivity contribution in [3.8, 4) is 12.1 Å². The average Bonchev–Trinajstić information content (AvgIpc) is 3.66. The minimum absolute atomic E-state index is 0.184. The van der Waals surface area contributed by atoms with Crippen LogP contribution in [0.5, 0.6) is 0 Å². The Morgan fingerprint density at radius 1 is 0.909 bits per heavy atom. The number of halogens is 6. The number of phosphoric ester groups is 1. The minimum atomic E-state index is -5.22. The zero-order valence-corrected chi connectivity index (χ0v) is 28.9. The molecule has 0 radical (unpaired) electrons. The van der Waals surface area contributed by atoms with Crippen LogP contribution in [0.3, 0.4) is 0 Å². The third kappa shape index (κ3) is 10.9. The highest BCUT2D eigenvalue weighted by atomic mass is 31.2. The van der Waals surface area contributed by atoms with Gasteiger partial charge in [-0.3, -0.25) is 42.3 Å². The highest BCUT2D eigenvalue weighted by Crippen LogP contribution is 2.53. The number of nitrogens with zero attached hydrogens (tertiary/aromatic N) is 4. The molecule has 0 spiro atoms. The Morgan fingerprint density at radius 3 is 1.98 bits per heavy atom. The summed E-state index contributed by atoms with van der Waals surface area (Å²) in [6, 6.07) is 3.51. The van der Waals surface area contributed by atoms with E-state index in [0.717, 1.165) is 6.08 Å². The van der Waals surface area contributed by atoms with Crippen molar-refractivity contribution < 1.29 is 68.5 Å². The lowest BCUT2D eigenvalue weighted by Gasteiger charge is -2.29. The van der Waals surface area contributed by atoms with Crippen LogP contribution in [0, 0.1) is 22.7 Å². The van der Waals surface area contributed by atoms with Crippen LogP contribution >= 0.6 is 7.82 Å². The molecule has 0 aliphatic carbocycles. The molecule has 2 aromatic heterocycles. The van der Waals surface area contributed by atoms with E-state index < -0.39 is 136 Å². The second kappa shape index (κ2) is 18.0. The van der Waals surface area contributed by atoms with Crippen molar-refractivity contribution in [3.63, 3.8) is 0 Å². The molecule has 8 atom stereocenters. The van der Waals surface area contributed by atoms with E-state index in [4.69, 9.17) is 43.0 Å². The third-order valence-corrected chi connectivity index (χ3v) is 9.24. The van der Waals surface area contributed by atoms with Crippen molar-refractivity contribution in [3.05, 3.63) is 77.9 Å². The summed E-state index contributed by atoms with van der Waals surface area (Å²) in [5.41, 5.74) is -9.68. The van der Waals surface area contributed by atoms with Gasteiger partial charge in [-0.15, -0.1) is 6.58 Å². The van der Waals surface area contributed by atoms with Crippen molar-refractivity contribution in [1.82, 2.24) is 19.1 Å². The molecule has 2 fully saturated rings. The van der Waals surface area contributed by atoms with E-state index in [2.05, 4.69) is 6.58 Å². The summed E-state index contributed by atoms with van der Waals surface area (Å²) >= 11 is 0. The van der Waals surface area contributed by atoms with Crippen molar-refractivity contribution in [2.75, 3.05) is 26.4 Å². The predicted molar refractivity (Wildman–Crippen MR) is 166 cm³/mol. The van der Waals surface area contributed by atoms with Gasteiger partial charge in [0.05, 0.1) is 57.5 Å². The zero-order chi connectivity index (χ0) is 40.7. The van der Waals surface area contributed by atoms with Gasteiger partial charge in [0.25, 0.3) is 11.1 Å². The van der Waals surface area contributed by atoms with Crippen LogP contribution in [0.4, 0.5) is 26.3 Å².